The molecule has 0 bridgehead atoms. The lowest BCUT2D eigenvalue weighted by Gasteiger charge is -2.31. The maximum atomic E-state index is 15.3. The highest BCUT2D eigenvalue weighted by atomic mass is 19.1. The van der Waals surface area contributed by atoms with Crippen molar-refractivity contribution in [2.75, 3.05) is 18.0 Å². The Hall–Kier alpha value is -2.48. The Kier molecular flexibility index (Phi) is 3.92. The highest BCUT2D eigenvalue weighted by Gasteiger charge is 2.56. The van der Waals surface area contributed by atoms with Gasteiger partial charge in [0, 0.05) is 42.0 Å². The molecule has 0 spiro atoms. The van der Waals surface area contributed by atoms with Crippen molar-refractivity contribution in [2.45, 2.75) is 57.3 Å². The number of carboxylic acids is 1. The Labute approximate surface area is 172 Å². The molecule has 5 rings (SSSR count). The molecule has 1 saturated heterocycles. The number of carbonyl (C=O) groups is 1. The number of pyridine rings is 1. The fourth-order valence-electron chi connectivity index (χ4n) is 5.74. The number of hydrogen-bond donors (Lipinski definition) is 2. The fraction of sp³-hybridized carbons (Fsp3) is 0.545. The second kappa shape index (κ2) is 6.03. The predicted octanol–water partition coefficient (Wildman–Crippen LogP) is 3.14. The van der Waals surface area contributed by atoms with Crippen molar-refractivity contribution in [2.24, 2.45) is 11.1 Å². The standard InChI is InChI=1S/C22H25F2N3O3/c1-11-17-12(19(28)13(20(29)30)8-27(17)16-7-14(16)23)6-15(24)18(11)26-9-21(2)4-3-5-22(21,25)10-26/h6,8,14,16H,3-5,7,9-10,25H2,1-2H3,(H,29,30)/t14-,16+,21+,22+/m0/s1. The number of anilines is 1. The van der Waals surface area contributed by atoms with Crippen LogP contribution in [-0.4, -0.2) is 40.4 Å². The Morgan fingerprint density at radius 3 is 2.63 bits per heavy atom. The molecule has 30 heavy (non-hydrogen) atoms. The van der Waals surface area contributed by atoms with Crippen LogP contribution in [0, 0.1) is 18.2 Å². The first-order valence-corrected chi connectivity index (χ1v) is 10.4. The van der Waals surface area contributed by atoms with Gasteiger partial charge in [-0.05, 0) is 31.4 Å². The summed E-state index contributed by atoms with van der Waals surface area (Å²) in [4.78, 5) is 26.3. The monoisotopic (exact) mass is 417 g/mol. The predicted molar refractivity (Wildman–Crippen MR) is 110 cm³/mol. The molecule has 1 aromatic heterocycles. The van der Waals surface area contributed by atoms with Gasteiger partial charge in [-0.15, -0.1) is 0 Å². The van der Waals surface area contributed by atoms with Gasteiger partial charge in [-0.1, -0.05) is 13.3 Å². The average Bonchev–Trinajstić information content (AvgIpc) is 3.22. The van der Waals surface area contributed by atoms with E-state index < -0.39 is 40.5 Å². The summed E-state index contributed by atoms with van der Waals surface area (Å²) in [5.74, 6) is -1.98. The molecule has 2 saturated carbocycles. The van der Waals surface area contributed by atoms with E-state index in [1.165, 1.54) is 10.8 Å². The molecule has 0 amide bonds. The maximum absolute atomic E-state index is 15.3. The van der Waals surface area contributed by atoms with E-state index in [0.29, 0.717) is 29.9 Å². The summed E-state index contributed by atoms with van der Waals surface area (Å²) in [5.41, 5.74) is 6.24. The van der Waals surface area contributed by atoms with Gasteiger partial charge in [-0.25, -0.2) is 13.6 Å². The third-order valence-corrected chi connectivity index (χ3v) is 7.63. The molecule has 2 aliphatic carbocycles. The number of fused-ring (bicyclic) bond motifs is 2. The van der Waals surface area contributed by atoms with Crippen LogP contribution >= 0.6 is 0 Å². The largest absolute Gasteiger partial charge is 0.477 e. The lowest BCUT2D eigenvalue weighted by molar-refractivity contribution is 0.0694. The SMILES string of the molecule is Cc1c(N2C[C@@]3(C)CCC[C@@]3(N)C2)c(F)cc2c(=O)c(C(=O)O)cn([C@@H]3C[C@@H]3F)c12. The Morgan fingerprint density at radius 1 is 1.33 bits per heavy atom. The number of nitrogens with zero attached hydrogens (tertiary/aromatic N) is 2. The molecular weight excluding hydrogens is 392 g/mol. The Balaban J connectivity index is 1.73. The number of aromatic nitrogens is 1. The number of aryl methyl sites for hydroxylation is 1. The normalized spacial score (nSPS) is 32.6. The van der Waals surface area contributed by atoms with Gasteiger partial charge >= 0.3 is 5.97 Å². The van der Waals surface area contributed by atoms with Gasteiger partial charge in [0.25, 0.3) is 0 Å². The summed E-state index contributed by atoms with van der Waals surface area (Å²) in [7, 11) is 0. The molecule has 1 aliphatic heterocycles. The van der Waals surface area contributed by atoms with Gasteiger partial charge < -0.3 is 20.3 Å². The third kappa shape index (κ3) is 2.49. The van der Waals surface area contributed by atoms with Crippen molar-refractivity contribution in [3.05, 3.63) is 39.4 Å². The molecule has 0 unspecified atom stereocenters. The van der Waals surface area contributed by atoms with Crippen LogP contribution in [0.3, 0.4) is 0 Å². The maximum Gasteiger partial charge on any atom is 0.341 e. The lowest BCUT2D eigenvalue weighted by Crippen LogP contribution is -2.49. The first kappa shape index (κ1) is 19.5. The molecule has 160 valence electrons. The number of nitrogens with two attached hydrogens (primary N) is 1. The van der Waals surface area contributed by atoms with Gasteiger partial charge in [0.2, 0.25) is 5.43 Å². The van der Waals surface area contributed by atoms with Gasteiger partial charge in [0.1, 0.15) is 17.6 Å². The highest BCUT2D eigenvalue weighted by molar-refractivity contribution is 5.95. The van der Waals surface area contributed by atoms with E-state index in [9.17, 15) is 19.1 Å². The molecule has 2 heterocycles. The molecule has 0 radical (unpaired) electrons. The molecule has 1 aromatic carbocycles. The van der Waals surface area contributed by atoms with E-state index in [2.05, 4.69) is 6.92 Å². The second-order valence-corrected chi connectivity index (χ2v) is 9.56. The van der Waals surface area contributed by atoms with Crippen LogP contribution in [0.25, 0.3) is 10.9 Å². The third-order valence-electron chi connectivity index (χ3n) is 7.63. The number of benzene rings is 1. The number of aromatic carboxylic acids is 1. The smallest absolute Gasteiger partial charge is 0.341 e. The highest BCUT2D eigenvalue weighted by Crippen LogP contribution is 2.52. The number of carboxylic acid groups (broad SMARTS) is 1. The molecule has 3 N–H and O–H groups in total. The lowest BCUT2D eigenvalue weighted by atomic mass is 9.77. The molecule has 3 fully saturated rings. The topological polar surface area (TPSA) is 88.6 Å². The van der Waals surface area contributed by atoms with Gasteiger partial charge in [-0.3, -0.25) is 4.79 Å². The van der Waals surface area contributed by atoms with E-state index in [0.717, 1.165) is 25.3 Å². The van der Waals surface area contributed by atoms with Crippen molar-refractivity contribution in [3.63, 3.8) is 0 Å². The fourth-order valence-corrected chi connectivity index (χ4v) is 5.74. The van der Waals surface area contributed by atoms with Crippen LogP contribution in [0.15, 0.2) is 17.1 Å². The average molecular weight is 417 g/mol. The van der Waals surface area contributed by atoms with E-state index in [1.54, 1.807) is 6.92 Å². The molecule has 3 aliphatic rings. The van der Waals surface area contributed by atoms with Crippen LogP contribution in [0.4, 0.5) is 14.5 Å². The van der Waals surface area contributed by atoms with Crippen LogP contribution in [0.5, 0.6) is 0 Å². The van der Waals surface area contributed by atoms with Crippen molar-refractivity contribution in [1.29, 1.82) is 0 Å². The number of halogens is 2. The summed E-state index contributed by atoms with van der Waals surface area (Å²) in [6.07, 6.45) is 3.26. The van der Waals surface area contributed by atoms with Crippen molar-refractivity contribution < 1.29 is 18.7 Å². The zero-order valence-electron chi connectivity index (χ0n) is 17.0. The second-order valence-electron chi connectivity index (χ2n) is 9.56. The summed E-state index contributed by atoms with van der Waals surface area (Å²) in [6.45, 7) is 4.98. The number of alkyl halides is 1. The van der Waals surface area contributed by atoms with Crippen LogP contribution in [0.2, 0.25) is 0 Å². The first-order valence-electron chi connectivity index (χ1n) is 10.4. The minimum Gasteiger partial charge on any atom is -0.477 e. The molecule has 2 aromatic rings. The minimum atomic E-state index is -1.40. The van der Waals surface area contributed by atoms with Gasteiger partial charge in [-0.2, -0.15) is 0 Å². The van der Waals surface area contributed by atoms with Gasteiger partial charge in [0.15, 0.2) is 0 Å². The van der Waals surface area contributed by atoms with E-state index in [-0.39, 0.29) is 17.2 Å². The minimum absolute atomic E-state index is 0.0270. The van der Waals surface area contributed by atoms with Crippen LogP contribution < -0.4 is 16.1 Å². The molecular formula is C22H25F2N3O3. The summed E-state index contributed by atoms with van der Waals surface area (Å²) < 4.78 is 30.8. The molecule has 8 heteroatoms. The van der Waals surface area contributed by atoms with Crippen molar-refractivity contribution in [3.8, 4) is 0 Å². The van der Waals surface area contributed by atoms with E-state index >= 15 is 4.39 Å². The van der Waals surface area contributed by atoms with Crippen molar-refractivity contribution in [1.82, 2.24) is 4.57 Å². The summed E-state index contributed by atoms with van der Waals surface area (Å²) in [5, 5.41) is 9.38. The Bertz CT molecular complexity index is 1140. The molecule has 4 atom stereocenters. The quantitative estimate of drug-likeness (QED) is 0.801. The number of hydrogen-bond acceptors (Lipinski definition) is 4. The summed E-state index contributed by atoms with van der Waals surface area (Å²) >= 11 is 0. The van der Waals surface area contributed by atoms with Crippen LogP contribution in [0.1, 0.15) is 54.6 Å². The van der Waals surface area contributed by atoms with Gasteiger partial charge in [0.05, 0.1) is 17.2 Å². The molecule has 6 nitrogen and oxygen atoms in total. The number of rotatable bonds is 3. The van der Waals surface area contributed by atoms with Crippen molar-refractivity contribution >= 4 is 22.6 Å². The summed E-state index contributed by atoms with van der Waals surface area (Å²) in [6, 6.07) is 0.567. The van der Waals surface area contributed by atoms with E-state index in [1.807, 2.05) is 4.90 Å². The first-order chi connectivity index (χ1) is 14.1. The zero-order chi connectivity index (χ0) is 21.6. The zero-order valence-corrected chi connectivity index (χ0v) is 17.0. The van der Waals surface area contributed by atoms with E-state index in [4.69, 9.17) is 5.73 Å². The Morgan fingerprint density at radius 2 is 2.03 bits per heavy atom. The van der Waals surface area contributed by atoms with Crippen LogP contribution in [-0.2, 0) is 0 Å².